The first-order valence-electron chi connectivity index (χ1n) is 3.76. The highest BCUT2D eigenvalue weighted by Crippen LogP contribution is 2.15. The van der Waals surface area contributed by atoms with Gasteiger partial charge in [-0.15, -0.1) is 0 Å². The van der Waals surface area contributed by atoms with Crippen molar-refractivity contribution in [2.24, 2.45) is 5.11 Å². The van der Waals surface area contributed by atoms with E-state index in [1.165, 1.54) is 17.8 Å². The molecule has 0 amide bonds. The lowest BCUT2D eigenvalue weighted by Crippen LogP contribution is -1.99. The summed E-state index contributed by atoms with van der Waals surface area (Å²) < 4.78 is 0. The second kappa shape index (κ2) is 5.15. The zero-order valence-electron chi connectivity index (χ0n) is 7.29. The Morgan fingerprint density at radius 1 is 1.43 bits per heavy atom. The molecule has 0 bridgehead atoms. The Morgan fingerprint density at radius 3 is 2.64 bits per heavy atom. The second-order valence-corrected chi connectivity index (χ2v) is 3.37. The van der Waals surface area contributed by atoms with Crippen molar-refractivity contribution in [2.75, 3.05) is 23.8 Å². The van der Waals surface area contributed by atoms with Crippen LogP contribution < -0.4 is 11.5 Å². The molecule has 0 aromatic carbocycles. The van der Waals surface area contributed by atoms with Gasteiger partial charge in [0.2, 0.25) is 0 Å². The number of nitrogens with two attached hydrogens (primary N) is 2. The smallest absolute Gasteiger partial charge is 0.191 e. The van der Waals surface area contributed by atoms with Crippen molar-refractivity contribution < 1.29 is 0 Å². The molecule has 0 atom stereocenters. The van der Waals surface area contributed by atoms with E-state index in [9.17, 15) is 0 Å². The van der Waals surface area contributed by atoms with Crippen LogP contribution in [0.15, 0.2) is 16.3 Å². The average Bonchev–Trinajstić information content (AvgIpc) is 2.11. The maximum absolute atomic E-state index is 8.03. The van der Waals surface area contributed by atoms with Crippen LogP contribution in [0, 0.1) is 0 Å². The van der Waals surface area contributed by atoms with Crippen LogP contribution in [0.2, 0.25) is 0 Å². The van der Waals surface area contributed by atoms with Gasteiger partial charge in [0.05, 0.1) is 0 Å². The van der Waals surface area contributed by atoms with Gasteiger partial charge in [0.25, 0.3) is 0 Å². The molecular formula is C6H9N7S. The number of aromatic nitrogens is 2. The number of nitrogens with zero attached hydrogens (tertiary/aromatic N) is 5. The third kappa shape index (κ3) is 3.38. The number of rotatable bonds is 4. The molecule has 1 heterocycles. The molecule has 0 aliphatic carbocycles. The molecule has 7 nitrogen and oxygen atoms in total. The Hall–Kier alpha value is -1.66. The number of nitrogen functional groups attached to an aromatic ring is 2. The van der Waals surface area contributed by atoms with Crippen molar-refractivity contribution in [3.8, 4) is 0 Å². The maximum Gasteiger partial charge on any atom is 0.191 e. The van der Waals surface area contributed by atoms with Crippen molar-refractivity contribution >= 4 is 23.4 Å². The number of thioether (sulfide) groups is 1. The standard InChI is InChI=1S/C6H9N7S/c7-4-3-5(8)12-6(11-4)14-2-1-10-13-9/h3H,1-2H2,(H4,7,8,11,12). The lowest BCUT2D eigenvalue weighted by Gasteiger charge is -2.00. The molecule has 0 spiro atoms. The molecule has 1 rings (SSSR count). The van der Waals surface area contributed by atoms with E-state index < -0.39 is 0 Å². The number of hydrogen-bond donors (Lipinski definition) is 2. The molecule has 74 valence electrons. The highest BCUT2D eigenvalue weighted by atomic mass is 32.2. The summed E-state index contributed by atoms with van der Waals surface area (Å²) in [5.41, 5.74) is 19.0. The van der Waals surface area contributed by atoms with Gasteiger partial charge < -0.3 is 11.5 Å². The molecule has 0 unspecified atom stereocenters. The third-order valence-corrected chi connectivity index (χ3v) is 2.06. The van der Waals surface area contributed by atoms with Gasteiger partial charge in [-0.3, -0.25) is 0 Å². The van der Waals surface area contributed by atoms with E-state index in [1.807, 2.05) is 0 Å². The zero-order chi connectivity index (χ0) is 10.4. The van der Waals surface area contributed by atoms with Crippen LogP contribution in [0.5, 0.6) is 0 Å². The summed E-state index contributed by atoms with van der Waals surface area (Å²) in [6, 6.07) is 1.48. The normalized spacial score (nSPS) is 9.43. The fourth-order valence-electron chi connectivity index (χ4n) is 0.749. The Labute approximate surface area is 84.5 Å². The molecule has 14 heavy (non-hydrogen) atoms. The average molecular weight is 211 g/mol. The predicted molar refractivity (Wildman–Crippen MR) is 55.6 cm³/mol. The number of anilines is 2. The molecule has 0 radical (unpaired) electrons. The largest absolute Gasteiger partial charge is 0.383 e. The molecule has 0 aliphatic rings. The van der Waals surface area contributed by atoms with Gasteiger partial charge in [-0.1, -0.05) is 16.9 Å². The van der Waals surface area contributed by atoms with Crippen LogP contribution in [0.4, 0.5) is 11.6 Å². The van der Waals surface area contributed by atoms with Crippen LogP contribution >= 0.6 is 11.8 Å². The summed E-state index contributed by atoms with van der Waals surface area (Å²) in [5, 5.41) is 3.87. The minimum absolute atomic E-state index is 0.337. The summed E-state index contributed by atoms with van der Waals surface area (Å²) in [4.78, 5) is 10.5. The molecule has 0 saturated carbocycles. The lowest BCUT2D eigenvalue weighted by atomic mass is 10.5. The maximum atomic E-state index is 8.03. The van der Waals surface area contributed by atoms with Crippen molar-refractivity contribution in [3.63, 3.8) is 0 Å². The topological polar surface area (TPSA) is 127 Å². The van der Waals surface area contributed by atoms with E-state index in [4.69, 9.17) is 17.0 Å². The summed E-state index contributed by atoms with van der Waals surface area (Å²) in [7, 11) is 0. The first-order chi connectivity index (χ1) is 6.72. The van der Waals surface area contributed by atoms with E-state index in [1.54, 1.807) is 0 Å². The van der Waals surface area contributed by atoms with Gasteiger partial charge >= 0.3 is 0 Å². The monoisotopic (exact) mass is 211 g/mol. The highest BCUT2D eigenvalue weighted by Gasteiger charge is 1.99. The van der Waals surface area contributed by atoms with Gasteiger partial charge in [-0.25, -0.2) is 9.97 Å². The van der Waals surface area contributed by atoms with Gasteiger partial charge in [-0.2, -0.15) is 0 Å². The van der Waals surface area contributed by atoms with E-state index >= 15 is 0 Å². The number of hydrogen-bond acceptors (Lipinski definition) is 6. The van der Waals surface area contributed by atoms with Gasteiger partial charge in [0.15, 0.2) is 5.16 Å². The minimum atomic E-state index is 0.337. The summed E-state index contributed by atoms with van der Waals surface area (Å²) in [6.07, 6.45) is 0. The molecule has 4 N–H and O–H groups in total. The Balaban J connectivity index is 2.54. The van der Waals surface area contributed by atoms with E-state index in [0.717, 1.165) is 0 Å². The first-order valence-corrected chi connectivity index (χ1v) is 4.74. The van der Waals surface area contributed by atoms with Crippen molar-refractivity contribution in [3.05, 3.63) is 16.5 Å². The van der Waals surface area contributed by atoms with E-state index in [-0.39, 0.29) is 0 Å². The van der Waals surface area contributed by atoms with Crippen LogP contribution in [0.25, 0.3) is 10.4 Å². The fraction of sp³-hybridized carbons (Fsp3) is 0.333. The predicted octanol–water partition coefficient (Wildman–Crippen LogP) is 1.04. The highest BCUT2D eigenvalue weighted by molar-refractivity contribution is 7.99. The SMILES string of the molecule is [N-]=[N+]=NCCSc1nc(N)cc(N)n1. The third-order valence-electron chi connectivity index (χ3n) is 1.23. The Kier molecular flexibility index (Phi) is 3.84. The Morgan fingerprint density at radius 2 is 2.07 bits per heavy atom. The summed E-state index contributed by atoms with van der Waals surface area (Å²) in [6.45, 7) is 0.388. The molecule has 0 fully saturated rings. The molecule has 1 aromatic heterocycles. The Bertz CT molecular complexity index is 339. The molecule has 1 aromatic rings. The van der Waals surface area contributed by atoms with E-state index in [2.05, 4.69) is 20.0 Å². The van der Waals surface area contributed by atoms with Gasteiger partial charge in [0, 0.05) is 23.3 Å². The van der Waals surface area contributed by atoms with Crippen LogP contribution in [0.1, 0.15) is 0 Å². The molecule has 8 heteroatoms. The van der Waals surface area contributed by atoms with Crippen LogP contribution in [-0.4, -0.2) is 22.3 Å². The first kappa shape index (κ1) is 10.4. The summed E-state index contributed by atoms with van der Waals surface area (Å²) in [5.74, 6) is 1.28. The molecular weight excluding hydrogens is 202 g/mol. The van der Waals surface area contributed by atoms with Crippen molar-refractivity contribution in [2.45, 2.75) is 5.16 Å². The molecule has 0 aliphatic heterocycles. The van der Waals surface area contributed by atoms with Crippen molar-refractivity contribution in [1.29, 1.82) is 0 Å². The van der Waals surface area contributed by atoms with Crippen molar-refractivity contribution in [1.82, 2.24) is 9.97 Å². The van der Waals surface area contributed by atoms with E-state index in [0.29, 0.717) is 29.1 Å². The fourth-order valence-corrected chi connectivity index (χ4v) is 1.44. The number of azide groups is 1. The molecule has 0 saturated heterocycles. The minimum Gasteiger partial charge on any atom is -0.383 e. The van der Waals surface area contributed by atoms with Crippen LogP contribution in [-0.2, 0) is 0 Å². The van der Waals surface area contributed by atoms with Gasteiger partial charge in [-0.05, 0) is 5.53 Å². The van der Waals surface area contributed by atoms with Gasteiger partial charge in [0.1, 0.15) is 11.6 Å². The zero-order valence-corrected chi connectivity index (χ0v) is 8.11. The summed E-state index contributed by atoms with van der Waals surface area (Å²) >= 11 is 1.34. The quantitative estimate of drug-likeness (QED) is 0.192. The second-order valence-electron chi connectivity index (χ2n) is 2.30. The lowest BCUT2D eigenvalue weighted by molar-refractivity contribution is 0.980. The van der Waals surface area contributed by atoms with Crippen LogP contribution in [0.3, 0.4) is 0 Å².